The molecule has 8 nitrogen and oxygen atoms in total. The van der Waals surface area contributed by atoms with Crippen LogP contribution in [0, 0.1) is 0 Å². The van der Waals surface area contributed by atoms with Gasteiger partial charge in [-0.25, -0.2) is 4.79 Å². The third kappa shape index (κ3) is 9.19. The van der Waals surface area contributed by atoms with Crippen molar-refractivity contribution in [2.24, 2.45) is 0 Å². The number of nitrogens with one attached hydrogen (secondary N) is 1. The van der Waals surface area contributed by atoms with Gasteiger partial charge in [0.15, 0.2) is 0 Å². The number of carbonyl (C=O) groups excluding carboxylic acids is 3. The molecule has 1 fully saturated rings. The van der Waals surface area contributed by atoms with Gasteiger partial charge in [-0.3, -0.25) is 14.5 Å². The predicted molar refractivity (Wildman–Crippen MR) is 176 cm³/mol. The molecule has 1 N–H and O–H groups in total. The number of hydrogen-bond donors (Lipinski definition) is 1. The molecule has 2 amide bonds. The summed E-state index contributed by atoms with van der Waals surface area (Å²) in [5.74, 6) is -0.480. The van der Waals surface area contributed by atoms with E-state index in [2.05, 4.69) is 40.5 Å². The maximum absolute atomic E-state index is 14.0. The number of amides is 2. The molecule has 3 unspecified atom stereocenters. The third-order valence-electron chi connectivity index (χ3n) is 7.77. The topological polar surface area (TPSA) is 88.2 Å². The average Bonchev–Trinajstić information content (AvgIpc) is 2.98. The zero-order valence-corrected chi connectivity index (χ0v) is 26.4. The molecule has 0 bridgehead atoms. The van der Waals surface area contributed by atoms with Crippen LogP contribution in [0.2, 0.25) is 5.02 Å². The number of nitrogens with zero attached hydrogens (tertiary/aromatic N) is 2. The Morgan fingerprint density at radius 1 is 0.955 bits per heavy atom. The van der Waals surface area contributed by atoms with Crippen LogP contribution in [-0.2, 0) is 31.9 Å². The van der Waals surface area contributed by atoms with Crippen molar-refractivity contribution in [3.05, 3.63) is 82.9 Å². The van der Waals surface area contributed by atoms with E-state index in [0.717, 1.165) is 21.9 Å². The lowest BCUT2D eigenvalue weighted by molar-refractivity contribution is -0.149. The molecule has 1 aliphatic heterocycles. The summed E-state index contributed by atoms with van der Waals surface area (Å²) in [4.78, 5) is 43.8. The average molecular weight is 624 g/mol. The summed E-state index contributed by atoms with van der Waals surface area (Å²) in [5, 5.41) is 5.67. The third-order valence-corrected chi connectivity index (χ3v) is 8.02. The second-order valence-electron chi connectivity index (χ2n) is 12.0. The van der Waals surface area contributed by atoms with Crippen molar-refractivity contribution in [2.75, 3.05) is 26.7 Å². The molecule has 3 aromatic carbocycles. The highest BCUT2D eigenvalue weighted by Gasteiger charge is 2.38. The summed E-state index contributed by atoms with van der Waals surface area (Å²) in [6.07, 6.45) is 0.833. The minimum atomic E-state index is -0.828. The lowest BCUT2D eigenvalue weighted by Crippen LogP contribution is -2.62. The Kier molecular flexibility index (Phi) is 12.2. The Bertz CT molecular complexity index is 1420. The van der Waals surface area contributed by atoms with Crippen LogP contribution in [0.4, 0.5) is 4.79 Å². The second kappa shape index (κ2) is 15.4. The Labute approximate surface area is 266 Å². The molecule has 3 aromatic rings. The molecular formula is C35H46ClN3O5. The fourth-order valence-corrected chi connectivity index (χ4v) is 5.72. The molecule has 0 aliphatic carbocycles. The molecule has 1 heterocycles. The van der Waals surface area contributed by atoms with Crippen molar-refractivity contribution < 1.29 is 23.9 Å². The predicted octanol–water partition coefficient (Wildman–Crippen LogP) is 6.27. The first-order valence-corrected chi connectivity index (χ1v) is 15.2. The molecule has 0 aromatic heterocycles. The van der Waals surface area contributed by atoms with Gasteiger partial charge in [-0.05, 0) is 67.6 Å². The summed E-state index contributed by atoms with van der Waals surface area (Å²) in [7, 11) is 1.41. The number of methoxy groups -OCH3 is 1. The van der Waals surface area contributed by atoms with E-state index in [0.29, 0.717) is 43.9 Å². The minimum absolute atomic E-state index is 0. The molecule has 44 heavy (non-hydrogen) atoms. The summed E-state index contributed by atoms with van der Waals surface area (Å²) >= 11 is 6.07. The van der Waals surface area contributed by atoms with E-state index in [-0.39, 0.29) is 25.3 Å². The Balaban J connectivity index is 0.00000529. The number of rotatable bonds is 9. The van der Waals surface area contributed by atoms with Gasteiger partial charge in [-0.1, -0.05) is 80.5 Å². The summed E-state index contributed by atoms with van der Waals surface area (Å²) in [6.45, 7) is 8.79. The highest BCUT2D eigenvalue weighted by molar-refractivity contribution is 6.30. The number of hydrogen-bond acceptors (Lipinski definition) is 6. The smallest absolute Gasteiger partial charge is 0.408 e. The van der Waals surface area contributed by atoms with Gasteiger partial charge in [-0.15, -0.1) is 0 Å². The first-order chi connectivity index (χ1) is 20.5. The quantitative estimate of drug-likeness (QED) is 0.283. The van der Waals surface area contributed by atoms with E-state index in [1.165, 1.54) is 7.11 Å². The van der Waals surface area contributed by atoms with Gasteiger partial charge in [0.25, 0.3) is 0 Å². The second-order valence-corrected chi connectivity index (χ2v) is 12.5. The molecule has 4 rings (SSSR count). The zero-order chi connectivity index (χ0) is 31.1. The van der Waals surface area contributed by atoms with Crippen molar-refractivity contribution in [1.82, 2.24) is 15.1 Å². The Morgan fingerprint density at radius 2 is 1.61 bits per heavy atom. The van der Waals surface area contributed by atoms with Crippen molar-refractivity contribution >= 4 is 40.3 Å². The molecule has 1 saturated heterocycles. The standard InChI is InChI=1S/C34H42ClN3O5.CH4/c1-6-28-22-37(30(32(40)42-5)21-24-11-14-25-9-7-8-10-26(25)19-24)17-18-38(28)31(39)29(36-33(41)43-34(2,3)4)20-23-12-15-27(35)16-13-23;/h7-16,19,28-30H,6,17-18,20-22H2,1-5H3,(H,36,41);1H4. The highest BCUT2D eigenvalue weighted by atomic mass is 35.5. The lowest BCUT2D eigenvalue weighted by Gasteiger charge is -2.44. The number of piperazine rings is 1. The van der Waals surface area contributed by atoms with Crippen LogP contribution in [0.15, 0.2) is 66.7 Å². The monoisotopic (exact) mass is 623 g/mol. The first-order valence-electron chi connectivity index (χ1n) is 14.8. The van der Waals surface area contributed by atoms with Crippen LogP contribution >= 0.6 is 11.6 Å². The highest BCUT2D eigenvalue weighted by Crippen LogP contribution is 2.23. The SMILES string of the molecule is C.CCC1CN(C(Cc2ccc3ccccc3c2)C(=O)OC)CCN1C(=O)C(Cc1ccc(Cl)cc1)NC(=O)OC(C)(C)C. The molecular weight excluding hydrogens is 578 g/mol. The lowest BCUT2D eigenvalue weighted by atomic mass is 9.98. The molecule has 0 radical (unpaired) electrons. The van der Waals surface area contributed by atoms with Crippen LogP contribution in [0.3, 0.4) is 0 Å². The van der Waals surface area contributed by atoms with Gasteiger partial charge in [0.05, 0.1) is 7.11 Å². The van der Waals surface area contributed by atoms with Crippen LogP contribution in [0.25, 0.3) is 10.8 Å². The van der Waals surface area contributed by atoms with E-state index < -0.39 is 23.8 Å². The fraction of sp³-hybridized carbons (Fsp3) is 0.457. The molecule has 1 aliphatic rings. The van der Waals surface area contributed by atoms with E-state index in [9.17, 15) is 14.4 Å². The zero-order valence-electron chi connectivity index (χ0n) is 25.6. The Hall–Kier alpha value is -3.62. The van der Waals surface area contributed by atoms with Crippen LogP contribution < -0.4 is 5.32 Å². The summed E-state index contributed by atoms with van der Waals surface area (Å²) < 4.78 is 10.7. The van der Waals surface area contributed by atoms with Gasteiger partial charge in [-0.2, -0.15) is 0 Å². The number of ether oxygens (including phenoxy) is 2. The number of benzene rings is 3. The maximum Gasteiger partial charge on any atom is 0.408 e. The van der Waals surface area contributed by atoms with E-state index in [1.807, 2.05) is 36.1 Å². The molecule has 238 valence electrons. The molecule has 0 saturated carbocycles. The number of halogens is 1. The van der Waals surface area contributed by atoms with E-state index in [4.69, 9.17) is 21.1 Å². The van der Waals surface area contributed by atoms with Gasteiger partial charge in [0, 0.05) is 37.1 Å². The molecule has 9 heteroatoms. The number of fused-ring (bicyclic) bond motifs is 1. The normalized spacial score (nSPS) is 16.9. The summed E-state index contributed by atoms with van der Waals surface area (Å²) in [6, 6.07) is 20.2. The van der Waals surface area contributed by atoms with Gasteiger partial charge < -0.3 is 19.7 Å². The van der Waals surface area contributed by atoms with Crippen molar-refractivity contribution in [1.29, 1.82) is 0 Å². The number of carbonyl (C=O) groups is 3. The van der Waals surface area contributed by atoms with Crippen LogP contribution in [0.5, 0.6) is 0 Å². The van der Waals surface area contributed by atoms with Crippen LogP contribution in [-0.4, -0.2) is 78.2 Å². The van der Waals surface area contributed by atoms with Crippen molar-refractivity contribution in [3.8, 4) is 0 Å². The van der Waals surface area contributed by atoms with Crippen molar-refractivity contribution in [2.45, 2.75) is 78.1 Å². The van der Waals surface area contributed by atoms with E-state index >= 15 is 0 Å². The molecule has 0 spiro atoms. The Morgan fingerprint density at radius 3 is 2.25 bits per heavy atom. The minimum Gasteiger partial charge on any atom is -0.468 e. The largest absolute Gasteiger partial charge is 0.468 e. The van der Waals surface area contributed by atoms with Crippen molar-refractivity contribution in [3.63, 3.8) is 0 Å². The number of esters is 1. The first kappa shape index (κ1) is 34.9. The summed E-state index contributed by atoms with van der Waals surface area (Å²) in [5.41, 5.74) is 1.21. The molecule has 3 atom stereocenters. The number of alkyl carbamates (subject to hydrolysis) is 1. The van der Waals surface area contributed by atoms with Gasteiger partial charge >= 0.3 is 12.1 Å². The van der Waals surface area contributed by atoms with E-state index in [1.54, 1.807) is 32.9 Å². The maximum atomic E-state index is 14.0. The fourth-order valence-electron chi connectivity index (χ4n) is 5.59. The van der Waals surface area contributed by atoms with Gasteiger partial charge in [0.2, 0.25) is 5.91 Å². The van der Waals surface area contributed by atoms with Crippen LogP contribution in [0.1, 0.15) is 52.7 Å². The van der Waals surface area contributed by atoms with Gasteiger partial charge in [0.1, 0.15) is 17.7 Å².